The second-order valence-corrected chi connectivity index (χ2v) is 6.60. The normalized spacial score (nSPS) is 11.2. The third-order valence-corrected chi connectivity index (χ3v) is 5.08. The van der Waals surface area contributed by atoms with Crippen LogP contribution in [0.5, 0.6) is 5.75 Å². The molecule has 23 heavy (non-hydrogen) atoms. The largest absolute Gasteiger partial charge is 0.506 e. The zero-order valence-electron chi connectivity index (χ0n) is 12.7. The molecule has 3 heteroatoms. The predicted octanol–water partition coefficient (Wildman–Crippen LogP) is 5.55. The number of hydrogen-bond donors (Lipinski definition) is 1. The number of phenolic OH excluding ortho intramolecular Hbond substituents is 1. The summed E-state index contributed by atoms with van der Waals surface area (Å²) in [4.78, 5) is 6.40. The van der Waals surface area contributed by atoms with E-state index < -0.39 is 0 Å². The van der Waals surface area contributed by atoms with Crippen LogP contribution in [-0.2, 0) is 0 Å². The van der Waals surface area contributed by atoms with Crippen molar-refractivity contribution in [2.45, 2.75) is 16.7 Å². The molecule has 0 spiro atoms. The van der Waals surface area contributed by atoms with Crippen molar-refractivity contribution in [2.24, 2.45) is 0 Å². The highest BCUT2D eigenvalue weighted by atomic mass is 32.2. The lowest BCUT2D eigenvalue weighted by Crippen LogP contribution is -1.85. The Kier molecular flexibility index (Phi) is 3.43. The van der Waals surface area contributed by atoms with Gasteiger partial charge >= 0.3 is 0 Å². The summed E-state index contributed by atoms with van der Waals surface area (Å²) in [5.41, 5.74) is 2.12. The number of aromatic hydroxyl groups is 1. The summed E-state index contributed by atoms with van der Waals surface area (Å²) in [6.45, 7) is 2.08. The van der Waals surface area contributed by atoms with Gasteiger partial charge in [-0.25, -0.2) is 0 Å². The Morgan fingerprint density at radius 1 is 0.870 bits per heavy atom. The average molecular weight is 317 g/mol. The van der Waals surface area contributed by atoms with Crippen LogP contribution in [0.2, 0.25) is 0 Å². The van der Waals surface area contributed by atoms with E-state index in [1.165, 1.54) is 0 Å². The molecule has 0 fully saturated rings. The Bertz CT molecular complexity index is 1020. The maximum Gasteiger partial charge on any atom is 0.137 e. The van der Waals surface area contributed by atoms with Gasteiger partial charge in [0.05, 0.1) is 10.4 Å². The summed E-state index contributed by atoms with van der Waals surface area (Å²) in [7, 11) is 0. The number of aromatic nitrogens is 1. The molecular formula is C20H15NOS. The molecule has 0 atom stereocenters. The molecule has 4 rings (SSSR count). The van der Waals surface area contributed by atoms with Crippen LogP contribution in [0.1, 0.15) is 5.56 Å². The lowest BCUT2D eigenvalue weighted by molar-refractivity contribution is 0.469. The molecule has 1 aromatic heterocycles. The zero-order chi connectivity index (χ0) is 15.8. The Morgan fingerprint density at radius 2 is 1.65 bits per heavy atom. The van der Waals surface area contributed by atoms with Gasteiger partial charge in [-0.15, -0.1) is 0 Å². The predicted molar refractivity (Wildman–Crippen MR) is 96.2 cm³/mol. The van der Waals surface area contributed by atoms with E-state index in [0.29, 0.717) is 5.75 Å². The van der Waals surface area contributed by atoms with E-state index in [2.05, 4.69) is 24.0 Å². The molecule has 0 aliphatic heterocycles. The maximum absolute atomic E-state index is 10.7. The molecule has 0 saturated heterocycles. The third-order valence-electron chi connectivity index (χ3n) is 4.00. The van der Waals surface area contributed by atoms with Gasteiger partial charge < -0.3 is 5.11 Å². The fourth-order valence-electron chi connectivity index (χ4n) is 2.86. The van der Waals surface area contributed by atoms with Gasteiger partial charge in [0.1, 0.15) is 5.75 Å². The van der Waals surface area contributed by atoms with Gasteiger partial charge in [-0.2, -0.15) is 0 Å². The van der Waals surface area contributed by atoms with Gasteiger partial charge in [0, 0.05) is 21.9 Å². The molecular weight excluding hydrogens is 302 g/mol. The first-order valence-corrected chi connectivity index (χ1v) is 8.28. The highest BCUT2D eigenvalue weighted by Gasteiger charge is 2.12. The van der Waals surface area contributed by atoms with Crippen LogP contribution in [0.15, 0.2) is 76.7 Å². The average Bonchev–Trinajstić information content (AvgIpc) is 2.60. The minimum atomic E-state index is 0.337. The summed E-state index contributed by atoms with van der Waals surface area (Å²) < 4.78 is 0. The summed E-state index contributed by atoms with van der Waals surface area (Å²) in [5.74, 6) is 0.337. The minimum absolute atomic E-state index is 0.337. The molecule has 112 valence electrons. The smallest absolute Gasteiger partial charge is 0.137 e. The standard InChI is InChI=1S/C20H15NOS/c1-13-12-18(20(22)16-9-3-2-8-15(13)16)23-17-10-4-6-14-7-5-11-21-19(14)17/h2-12,22H,1H3. The number of phenols is 1. The van der Waals surface area contributed by atoms with Crippen LogP contribution in [-0.4, -0.2) is 10.1 Å². The van der Waals surface area contributed by atoms with E-state index in [1.807, 2.05) is 48.5 Å². The summed E-state index contributed by atoms with van der Waals surface area (Å²) in [5, 5.41) is 13.8. The molecule has 2 nitrogen and oxygen atoms in total. The van der Waals surface area contributed by atoms with Crippen LogP contribution >= 0.6 is 11.8 Å². The first kappa shape index (κ1) is 14.1. The van der Waals surface area contributed by atoms with E-state index in [4.69, 9.17) is 0 Å². The van der Waals surface area contributed by atoms with Gasteiger partial charge in [-0.1, -0.05) is 54.2 Å². The number of para-hydroxylation sites is 1. The van der Waals surface area contributed by atoms with Gasteiger partial charge in [0.25, 0.3) is 0 Å². The van der Waals surface area contributed by atoms with Crippen LogP contribution < -0.4 is 0 Å². The number of fused-ring (bicyclic) bond motifs is 2. The van der Waals surface area contributed by atoms with Gasteiger partial charge in [0.15, 0.2) is 0 Å². The van der Waals surface area contributed by atoms with Gasteiger partial charge in [0.2, 0.25) is 0 Å². The number of pyridine rings is 1. The molecule has 0 saturated carbocycles. The first-order valence-electron chi connectivity index (χ1n) is 7.47. The molecule has 0 amide bonds. The van der Waals surface area contributed by atoms with Crippen molar-refractivity contribution < 1.29 is 5.11 Å². The quantitative estimate of drug-likeness (QED) is 0.526. The lowest BCUT2D eigenvalue weighted by Gasteiger charge is -2.11. The van der Waals surface area contributed by atoms with E-state index >= 15 is 0 Å². The Balaban J connectivity index is 1.88. The Morgan fingerprint density at radius 3 is 2.52 bits per heavy atom. The molecule has 0 radical (unpaired) electrons. The van der Waals surface area contributed by atoms with Crippen molar-refractivity contribution >= 4 is 33.4 Å². The monoisotopic (exact) mass is 317 g/mol. The molecule has 0 bridgehead atoms. The van der Waals surface area contributed by atoms with Crippen LogP contribution in [0, 0.1) is 6.92 Å². The summed E-state index contributed by atoms with van der Waals surface area (Å²) in [6.07, 6.45) is 1.80. The van der Waals surface area contributed by atoms with E-state index in [0.717, 1.165) is 37.0 Å². The second-order valence-electron chi connectivity index (χ2n) is 5.52. The van der Waals surface area contributed by atoms with E-state index in [1.54, 1.807) is 18.0 Å². The molecule has 1 heterocycles. The van der Waals surface area contributed by atoms with Crippen molar-refractivity contribution in [3.8, 4) is 5.75 Å². The summed E-state index contributed by atoms with van der Waals surface area (Å²) >= 11 is 1.56. The zero-order valence-corrected chi connectivity index (χ0v) is 13.5. The number of nitrogens with zero attached hydrogens (tertiary/aromatic N) is 1. The van der Waals surface area contributed by atoms with Crippen LogP contribution in [0.25, 0.3) is 21.7 Å². The van der Waals surface area contributed by atoms with Crippen molar-refractivity contribution in [3.63, 3.8) is 0 Å². The maximum atomic E-state index is 10.7. The fraction of sp³-hybridized carbons (Fsp3) is 0.0500. The number of aryl methyl sites for hydroxylation is 1. The van der Waals surface area contributed by atoms with Crippen LogP contribution in [0.3, 0.4) is 0 Å². The van der Waals surface area contributed by atoms with E-state index in [-0.39, 0.29) is 0 Å². The van der Waals surface area contributed by atoms with Crippen molar-refractivity contribution in [2.75, 3.05) is 0 Å². The molecule has 0 unspecified atom stereocenters. The minimum Gasteiger partial charge on any atom is -0.506 e. The Labute approximate surface area is 138 Å². The number of hydrogen-bond acceptors (Lipinski definition) is 3. The molecule has 3 aromatic carbocycles. The summed E-state index contributed by atoms with van der Waals surface area (Å²) in [6, 6.07) is 20.1. The highest BCUT2D eigenvalue weighted by Crippen LogP contribution is 2.41. The van der Waals surface area contributed by atoms with Crippen molar-refractivity contribution in [1.29, 1.82) is 0 Å². The van der Waals surface area contributed by atoms with Crippen LogP contribution in [0.4, 0.5) is 0 Å². The fourth-order valence-corrected chi connectivity index (χ4v) is 3.96. The topological polar surface area (TPSA) is 33.1 Å². The number of benzene rings is 3. The van der Waals surface area contributed by atoms with Gasteiger partial charge in [-0.05, 0) is 36.1 Å². The second kappa shape index (κ2) is 5.60. The molecule has 0 aliphatic carbocycles. The SMILES string of the molecule is Cc1cc(Sc2cccc3cccnc23)c(O)c2ccccc12. The third kappa shape index (κ3) is 2.43. The molecule has 1 N–H and O–H groups in total. The Hall–Kier alpha value is -2.52. The van der Waals surface area contributed by atoms with Crippen molar-refractivity contribution in [3.05, 3.63) is 72.4 Å². The lowest BCUT2D eigenvalue weighted by atomic mass is 10.0. The van der Waals surface area contributed by atoms with Gasteiger partial charge in [-0.3, -0.25) is 4.98 Å². The molecule has 4 aromatic rings. The van der Waals surface area contributed by atoms with Crippen molar-refractivity contribution in [1.82, 2.24) is 4.98 Å². The van der Waals surface area contributed by atoms with E-state index in [9.17, 15) is 5.11 Å². The number of rotatable bonds is 2. The first-order chi connectivity index (χ1) is 11.2. The molecule has 0 aliphatic rings. The highest BCUT2D eigenvalue weighted by molar-refractivity contribution is 7.99.